The lowest BCUT2D eigenvalue weighted by molar-refractivity contribution is -0.138. The molecule has 2 aromatic rings. The molecule has 3 amide bonds. The predicted molar refractivity (Wildman–Crippen MR) is 121 cm³/mol. The van der Waals surface area contributed by atoms with Crippen molar-refractivity contribution in [1.82, 2.24) is 20.9 Å². The summed E-state index contributed by atoms with van der Waals surface area (Å²) in [5, 5.41) is 26.5. The lowest BCUT2D eigenvalue weighted by atomic mass is 10.0. The first-order valence-electron chi connectivity index (χ1n) is 10.6. The van der Waals surface area contributed by atoms with Gasteiger partial charge in [0.1, 0.15) is 18.6 Å². The van der Waals surface area contributed by atoms with Crippen molar-refractivity contribution in [2.24, 2.45) is 11.7 Å². The second-order valence-corrected chi connectivity index (χ2v) is 8.22. The van der Waals surface area contributed by atoms with E-state index in [-0.39, 0.29) is 12.3 Å². The van der Waals surface area contributed by atoms with Crippen LogP contribution in [0, 0.1) is 5.92 Å². The number of para-hydroxylation sites is 1. The van der Waals surface area contributed by atoms with Crippen LogP contribution in [0.3, 0.4) is 0 Å². The lowest BCUT2D eigenvalue weighted by Crippen LogP contribution is -2.57. The minimum absolute atomic E-state index is 0.0557. The summed E-state index contributed by atoms with van der Waals surface area (Å²) >= 11 is 0. The molecule has 0 fully saturated rings. The van der Waals surface area contributed by atoms with Crippen LogP contribution in [0.15, 0.2) is 30.5 Å². The highest BCUT2D eigenvalue weighted by molar-refractivity contribution is 5.94. The van der Waals surface area contributed by atoms with E-state index >= 15 is 0 Å². The van der Waals surface area contributed by atoms with Crippen LogP contribution >= 0.6 is 0 Å². The molecule has 11 heteroatoms. The van der Waals surface area contributed by atoms with Crippen molar-refractivity contribution >= 4 is 34.6 Å². The fourth-order valence-corrected chi connectivity index (χ4v) is 3.38. The zero-order chi connectivity index (χ0) is 24.5. The number of benzene rings is 1. The third-order valence-corrected chi connectivity index (χ3v) is 5.02. The molecule has 0 spiro atoms. The standard InChI is InChI=1S/C22H31N5O6/c1-12(2)7-15(23)20(31)27-18(11-28)22(33)26-17(21(32)25-10-19(29)30)8-13-9-24-16-6-4-3-5-14(13)16/h3-6,9,12,15,17-18,24,28H,7-8,10-11,23H2,1-2H3,(H,25,32)(H,26,33)(H,27,31)(H,29,30). The first kappa shape index (κ1) is 25.8. The maximum absolute atomic E-state index is 12.8. The minimum Gasteiger partial charge on any atom is -0.480 e. The van der Waals surface area contributed by atoms with Gasteiger partial charge in [-0.25, -0.2) is 0 Å². The maximum atomic E-state index is 12.8. The number of nitrogens with one attached hydrogen (secondary N) is 4. The van der Waals surface area contributed by atoms with E-state index in [4.69, 9.17) is 10.8 Å². The highest BCUT2D eigenvalue weighted by atomic mass is 16.4. The van der Waals surface area contributed by atoms with E-state index in [9.17, 15) is 24.3 Å². The Morgan fingerprint density at radius 2 is 1.70 bits per heavy atom. The Hall–Kier alpha value is -3.44. The number of aliphatic hydroxyl groups excluding tert-OH is 1. The van der Waals surface area contributed by atoms with Crippen molar-refractivity contribution in [1.29, 1.82) is 0 Å². The number of aliphatic hydroxyl groups is 1. The van der Waals surface area contributed by atoms with Crippen molar-refractivity contribution in [2.75, 3.05) is 13.2 Å². The van der Waals surface area contributed by atoms with Gasteiger partial charge in [-0.1, -0.05) is 32.0 Å². The van der Waals surface area contributed by atoms with E-state index < -0.39 is 55.0 Å². The van der Waals surface area contributed by atoms with E-state index in [0.29, 0.717) is 6.42 Å². The summed E-state index contributed by atoms with van der Waals surface area (Å²) in [6.07, 6.45) is 2.15. The molecule has 0 aliphatic carbocycles. The average molecular weight is 462 g/mol. The van der Waals surface area contributed by atoms with Crippen molar-refractivity contribution < 1.29 is 29.4 Å². The molecule has 33 heavy (non-hydrogen) atoms. The molecule has 3 unspecified atom stereocenters. The predicted octanol–water partition coefficient (Wildman–Crippen LogP) is -0.753. The van der Waals surface area contributed by atoms with Crippen molar-refractivity contribution in [3.05, 3.63) is 36.0 Å². The summed E-state index contributed by atoms with van der Waals surface area (Å²) in [6, 6.07) is 4.05. The van der Waals surface area contributed by atoms with E-state index in [0.717, 1.165) is 16.5 Å². The molecule has 180 valence electrons. The Labute approximate surface area is 191 Å². The van der Waals surface area contributed by atoms with E-state index in [1.54, 1.807) is 6.20 Å². The van der Waals surface area contributed by atoms with E-state index in [1.807, 2.05) is 38.1 Å². The Kier molecular flexibility index (Phi) is 9.37. The number of carboxylic acid groups (broad SMARTS) is 1. The molecule has 1 heterocycles. The second kappa shape index (κ2) is 12.0. The van der Waals surface area contributed by atoms with Gasteiger partial charge in [-0.2, -0.15) is 0 Å². The Balaban J connectivity index is 2.16. The Morgan fingerprint density at radius 1 is 1.03 bits per heavy atom. The number of aliphatic carboxylic acids is 1. The molecule has 0 bridgehead atoms. The van der Waals surface area contributed by atoms with Gasteiger partial charge in [-0.3, -0.25) is 19.2 Å². The molecule has 0 saturated carbocycles. The molecule has 0 aliphatic heterocycles. The molecule has 1 aromatic carbocycles. The van der Waals surface area contributed by atoms with Gasteiger partial charge >= 0.3 is 5.97 Å². The van der Waals surface area contributed by atoms with Crippen molar-refractivity contribution in [3.8, 4) is 0 Å². The van der Waals surface area contributed by atoms with Gasteiger partial charge in [0, 0.05) is 23.5 Å². The van der Waals surface area contributed by atoms with Crippen LogP contribution in [-0.2, 0) is 25.6 Å². The number of aromatic amines is 1. The molecule has 0 radical (unpaired) electrons. The van der Waals surface area contributed by atoms with Gasteiger partial charge in [0.05, 0.1) is 12.6 Å². The molecule has 8 N–H and O–H groups in total. The van der Waals surface area contributed by atoms with Crippen LogP contribution in [0.2, 0.25) is 0 Å². The summed E-state index contributed by atoms with van der Waals surface area (Å²) in [7, 11) is 0. The molecule has 2 rings (SSSR count). The highest BCUT2D eigenvalue weighted by Crippen LogP contribution is 2.19. The van der Waals surface area contributed by atoms with Crippen LogP contribution in [0.25, 0.3) is 10.9 Å². The smallest absolute Gasteiger partial charge is 0.322 e. The fourth-order valence-electron chi connectivity index (χ4n) is 3.38. The van der Waals surface area contributed by atoms with Gasteiger partial charge < -0.3 is 36.9 Å². The van der Waals surface area contributed by atoms with Gasteiger partial charge in [-0.05, 0) is 24.0 Å². The van der Waals surface area contributed by atoms with E-state index in [1.165, 1.54) is 0 Å². The van der Waals surface area contributed by atoms with Gasteiger partial charge in [0.25, 0.3) is 0 Å². The minimum atomic E-state index is -1.33. The summed E-state index contributed by atoms with van der Waals surface area (Å²) in [6.45, 7) is 2.47. The zero-order valence-electron chi connectivity index (χ0n) is 18.6. The lowest BCUT2D eigenvalue weighted by Gasteiger charge is -2.23. The number of fused-ring (bicyclic) bond motifs is 1. The second-order valence-electron chi connectivity index (χ2n) is 8.22. The van der Waals surface area contributed by atoms with Gasteiger partial charge in [0.15, 0.2) is 0 Å². The number of H-pyrrole nitrogens is 1. The topological polar surface area (TPSA) is 187 Å². The van der Waals surface area contributed by atoms with Crippen molar-refractivity contribution in [3.63, 3.8) is 0 Å². The summed E-state index contributed by atoms with van der Waals surface area (Å²) in [4.78, 5) is 51.6. The number of nitrogens with two attached hydrogens (primary N) is 1. The van der Waals surface area contributed by atoms with Gasteiger partial charge in [-0.15, -0.1) is 0 Å². The molecule has 1 aromatic heterocycles. The zero-order valence-corrected chi connectivity index (χ0v) is 18.6. The Bertz CT molecular complexity index is 989. The number of rotatable bonds is 12. The molecule has 0 saturated heterocycles. The largest absolute Gasteiger partial charge is 0.480 e. The van der Waals surface area contributed by atoms with E-state index in [2.05, 4.69) is 20.9 Å². The van der Waals surface area contributed by atoms with Crippen LogP contribution in [0.4, 0.5) is 0 Å². The van der Waals surface area contributed by atoms with Gasteiger partial charge in [0.2, 0.25) is 17.7 Å². The highest BCUT2D eigenvalue weighted by Gasteiger charge is 2.28. The maximum Gasteiger partial charge on any atom is 0.322 e. The number of amides is 3. The molecular formula is C22H31N5O6. The summed E-state index contributed by atoms with van der Waals surface area (Å²) in [5.74, 6) is -3.18. The number of hydrogen-bond donors (Lipinski definition) is 7. The SMILES string of the molecule is CC(C)CC(N)C(=O)NC(CO)C(=O)NC(Cc1c[nH]c2ccccc12)C(=O)NCC(=O)O. The van der Waals surface area contributed by atoms with Crippen molar-refractivity contribution in [2.45, 2.75) is 44.8 Å². The fraction of sp³-hybridized carbons (Fsp3) is 0.455. The molecule has 11 nitrogen and oxygen atoms in total. The third kappa shape index (κ3) is 7.58. The first-order valence-corrected chi connectivity index (χ1v) is 10.6. The quantitative estimate of drug-likeness (QED) is 0.216. The van der Waals surface area contributed by atoms with Crippen LogP contribution in [0.1, 0.15) is 25.8 Å². The van der Waals surface area contributed by atoms with Crippen LogP contribution < -0.4 is 21.7 Å². The number of carboxylic acids is 1. The number of aromatic nitrogens is 1. The third-order valence-electron chi connectivity index (χ3n) is 5.02. The molecule has 3 atom stereocenters. The number of carbonyl (C=O) groups excluding carboxylic acids is 3. The average Bonchev–Trinajstić information content (AvgIpc) is 3.17. The normalized spacial score (nSPS) is 13.8. The monoisotopic (exact) mass is 461 g/mol. The van der Waals surface area contributed by atoms with Crippen LogP contribution in [0.5, 0.6) is 0 Å². The number of carbonyl (C=O) groups is 4. The first-order chi connectivity index (χ1) is 15.6. The molecule has 0 aliphatic rings. The summed E-state index contributed by atoms with van der Waals surface area (Å²) < 4.78 is 0. The molecular weight excluding hydrogens is 430 g/mol. The Morgan fingerprint density at radius 3 is 2.33 bits per heavy atom. The number of hydrogen-bond acceptors (Lipinski definition) is 6. The van der Waals surface area contributed by atoms with Crippen LogP contribution in [-0.4, -0.2) is 70.2 Å². The summed E-state index contributed by atoms with van der Waals surface area (Å²) in [5.41, 5.74) is 7.40.